The Labute approximate surface area is 95.0 Å². The van der Waals surface area contributed by atoms with E-state index < -0.39 is 12.2 Å². The molecule has 0 aromatic carbocycles. The van der Waals surface area contributed by atoms with Gasteiger partial charge in [-0.3, -0.25) is 4.90 Å². The maximum Gasteiger partial charge on any atom is 0.404 e. The Morgan fingerprint density at radius 1 is 1.44 bits per heavy atom. The summed E-state index contributed by atoms with van der Waals surface area (Å²) in [5.74, 6) is 0.438. The molecule has 0 bridgehead atoms. The summed E-state index contributed by atoms with van der Waals surface area (Å²) in [7, 11) is 0. The zero-order valence-corrected chi connectivity index (χ0v) is 9.76. The number of nitrogens with two attached hydrogens (primary N) is 1. The van der Waals surface area contributed by atoms with Crippen LogP contribution in [0.5, 0.6) is 0 Å². The summed E-state index contributed by atoms with van der Waals surface area (Å²) in [5, 5.41) is 0. The first-order chi connectivity index (χ1) is 7.49. The second-order valence-corrected chi connectivity index (χ2v) is 4.57. The predicted molar refractivity (Wildman–Crippen MR) is 58.1 cm³/mol. The van der Waals surface area contributed by atoms with Gasteiger partial charge in [-0.15, -0.1) is 0 Å². The predicted octanol–water partition coefficient (Wildman–Crippen LogP) is 2.39. The van der Waals surface area contributed by atoms with E-state index in [1.807, 2.05) is 0 Å². The van der Waals surface area contributed by atoms with Crippen molar-refractivity contribution in [3.63, 3.8) is 0 Å². The normalized spacial score (nSPS) is 24.9. The number of likely N-dealkylation sites (tertiary alicyclic amines) is 1. The summed E-state index contributed by atoms with van der Waals surface area (Å²) in [6.45, 7) is 3.32. The fourth-order valence-electron chi connectivity index (χ4n) is 2.50. The molecule has 0 radical (unpaired) electrons. The molecule has 0 amide bonds. The molecular formula is C11H21F3N2. The molecule has 0 spiro atoms. The minimum absolute atomic E-state index is 0.0162. The van der Waals surface area contributed by atoms with Crippen LogP contribution >= 0.6 is 0 Å². The highest BCUT2D eigenvalue weighted by molar-refractivity contribution is 4.85. The van der Waals surface area contributed by atoms with Gasteiger partial charge in [-0.2, -0.15) is 13.2 Å². The Balaban J connectivity index is 2.54. The van der Waals surface area contributed by atoms with Gasteiger partial charge in [0.2, 0.25) is 0 Å². The summed E-state index contributed by atoms with van der Waals surface area (Å²) in [5.41, 5.74) is 5.26. The van der Waals surface area contributed by atoms with Crippen molar-refractivity contribution in [3.8, 4) is 0 Å². The molecule has 1 saturated heterocycles. The summed E-state index contributed by atoms with van der Waals surface area (Å²) in [4.78, 5) is 1.56. The summed E-state index contributed by atoms with van der Waals surface area (Å²) in [6, 6.07) is -1.33. The minimum atomic E-state index is -4.14. The largest absolute Gasteiger partial charge is 0.404 e. The van der Waals surface area contributed by atoms with Crippen LogP contribution in [0.1, 0.15) is 32.6 Å². The van der Waals surface area contributed by atoms with Crippen molar-refractivity contribution in [2.75, 3.05) is 19.6 Å². The molecule has 2 unspecified atom stereocenters. The van der Waals surface area contributed by atoms with Crippen molar-refractivity contribution in [1.82, 2.24) is 4.90 Å². The summed E-state index contributed by atoms with van der Waals surface area (Å²) >= 11 is 0. The highest BCUT2D eigenvalue weighted by atomic mass is 19.4. The lowest BCUT2D eigenvalue weighted by Crippen LogP contribution is -2.45. The molecule has 1 heterocycles. The van der Waals surface area contributed by atoms with Gasteiger partial charge in [0, 0.05) is 6.54 Å². The first-order valence-electron chi connectivity index (χ1n) is 5.99. The highest BCUT2D eigenvalue weighted by Crippen LogP contribution is 2.32. The molecule has 2 atom stereocenters. The fraction of sp³-hybridized carbons (Fsp3) is 1.00. The molecule has 0 saturated carbocycles. The van der Waals surface area contributed by atoms with Crippen LogP contribution in [-0.2, 0) is 0 Å². The van der Waals surface area contributed by atoms with Gasteiger partial charge in [-0.05, 0) is 38.3 Å². The van der Waals surface area contributed by atoms with Crippen molar-refractivity contribution in [3.05, 3.63) is 0 Å². The zero-order valence-electron chi connectivity index (χ0n) is 9.76. The van der Waals surface area contributed by atoms with E-state index in [1.165, 1.54) is 0 Å². The molecule has 0 aromatic rings. The zero-order chi connectivity index (χ0) is 12.2. The Bertz CT molecular complexity index is 206. The Hall–Kier alpha value is -0.290. The van der Waals surface area contributed by atoms with Gasteiger partial charge >= 0.3 is 6.18 Å². The second-order valence-electron chi connectivity index (χ2n) is 4.57. The molecule has 0 aromatic heterocycles. The minimum Gasteiger partial charge on any atom is -0.330 e. The monoisotopic (exact) mass is 238 g/mol. The topological polar surface area (TPSA) is 29.3 Å². The number of halogens is 3. The first-order valence-corrected chi connectivity index (χ1v) is 5.99. The van der Waals surface area contributed by atoms with E-state index in [-0.39, 0.29) is 13.0 Å². The molecule has 1 fully saturated rings. The molecule has 1 aliphatic heterocycles. The molecule has 1 rings (SSSR count). The van der Waals surface area contributed by atoms with E-state index in [0.717, 1.165) is 19.3 Å². The Morgan fingerprint density at radius 3 is 2.62 bits per heavy atom. The molecular weight excluding hydrogens is 217 g/mol. The van der Waals surface area contributed by atoms with E-state index >= 15 is 0 Å². The lowest BCUT2D eigenvalue weighted by atomic mass is 10.0. The van der Waals surface area contributed by atoms with E-state index in [4.69, 9.17) is 5.73 Å². The maximum atomic E-state index is 12.8. The quantitative estimate of drug-likeness (QED) is 0.797. The average molecular weight is 238 g/mol. The average Bonchev–Trinajstić information content (AvgIpc) is 2.61. The highest BCUT2D eigenvalue weighted by Gasteiger charge is 2.44. The Morgan fingerprint density at radius 2 is 2.12 bits per heavy atom. The van der Waals surface area contributed by atoms with E-state index in [9.17, 15) is 13.2 Å². The number of nitrogens with zero attached hydrogens (tertiary/aromatic N) is 1. The maximum absolute atomic E-state index is 12.8. The second kappa shape index (κ2) is 5.87. The van der Waals surface area contributed by atoms with Crippen LogP contribution in [0.2, 0.25) is 0 Å². The molecule has 2 N–H and O–H groups in total. The van der Waals surface area contributed by atoms with Crippen molar-refractivity contribution in [1.29, 1.82) is 0 Å². The fourth-order valence-corrected chi connectivity index (χ4v) is 2.50. The molecule has 16 heavy (non-hydrogen) atoms. The van der Waals surface area contributed by atoms with Gasteiger partial charge in [0.1, 0.15) is 6.04 Å². The van der Waals surface area contributed by atoms with E-state index in [1.54, 1.807) is 4.90 Å². The van der Waals surface area contributed by atoms with Gasteiger partial charge < -0.3 is 5.73 Å². The van der Waals surface area contributed by atoms with Crippen LogP contribution in [0.15, 0.2) is 0 Å². The van der Waals surface area contributed by atoms with Crippen molar-refractivity contribution in [2.45, 2.75) is 44.8 Å². The Kier molecular flexibility index (Phi) is 5.05. The van der Waals surface area contributed by atoms with Crippen molar-refractivity contribution < 1.29 is 13.2 Å². The van der Waals surface area contributed by atoms with E-state index in [2.05, 4.69) is 6.92 Å². The number of hydrogen-bond acceptors (Lipinski definition) is 2. The molecule has 96 valence electrons. The van der Waals surface area contributed by atoms with Gasteiger partial charge in [0.05, 0.1) is 0 Å². The lowest BCUT2D eigenvalue weighted by Gasteiger charge is -2.29. The summed E-state index contributed by atoms with van der Waals surface area (Å²) in [6.07, 6.45) is -1.15. The van der Waals surface area contributed by atoms with Crippen LogP contribution in [0.4, 0.5) is 13.2 Å². The smallest absolute Gasteiger partial charge is 0.330 e. The molecule has 5 heteroatoms. The lowest BCUT2D eigenvalue weighted by molar-refractivity contribution is -0.182. The van der Waals surface area contributed by atoms with Gasteiger partial charge in [-0.1, -0.05) is 13.3 Å². The molecule has 1 aliphatic rings. The summed E-state index contributed by atoms with van der Waals surface area (Å²) < 4.78 is 38.3. The molecule has 2 nitrogen and oxygen atoms in total. The first kappa shape index (κ1) is 13.8. The third-order valence-corrected chi connectivity index (χ3v) is 3.27. The van der Waals surface area contributed by atoms with Crippen LogP contribution in [0.25, 0.3) is 0 Å². The SMILES string of the molecule is CCCC1CCN(C(CCN)C(F)(F)F)C1. The van der Waals surface area contributed by atoms with Crippen LogP contribution in [0.3, 0.4) is 0 Å². The van der Waals surface area contributed by atoms with Gasteiger partial charge in [0.15, 0.2) is 0 Å². The number of alkyl halides is 3. The third-order valence-electron chi connectivity index (χ3n) is 3.27. The van der Waals surface area contributed by atoms with Crippen LogP contribution < -0.4 is 5.73 Å². The number of hydrogen-bond donors (Lipinski definition) is 1. The van der Waals surface area contributed by atoms with Crippen LogP contribution in [0, 0.1) is 5.92 Å². The molecule has 0 aliphatic carbocycles. The van der Waals surface area contributed by atoms with Crippen LogP contribution in [-0.4, -0.2) is 36.8 Å². The van der Waals surface area contributed by atoms with E-state index in [0.29, 0.717) is 19.0 Å². The van der Waals surface area contributed by atoms with Crippen molar-refractivity contribution in [2.24, 2.45) is 11.7 Å². The van der Waals surface area contributed by atoms with Gasteiger partial charge in [0.25, 0.3) is 0 Å². The van der Waals surface area contributed by atoms with Gasteiger partial charge in [-0.25, -0.2) is 0 Å². The standard InChI is InChI=1S/C11H21F3N2/c1-2-3-9-5-7-16(8-9)10(4-6-15)11(12,13)14/h9-10H,2-8,15H2,1H3. The number of rotatable bonds is 5. The third kappa shape index (κ3) is 3.63. The van der Waals surface area contributed by atoms with Crippen molar-refractivity contribution >= 4 is 0 Å².